The minimum Gasteiger partial charge on any atom is -0.493 e. The fourth-order valence-corrected chi connectivity index (χ4v) is 2.13. The van der Waals surface area contributed by atoms with E-state index in [1.165, 1.54) is 45.7 Å². The summed E-state index contributed by atoms with van der Waals surface area (Å²) in [5, 5.41) is 5.86. The third kappa shape index (κ3) is 4.94. The number of carbonyl (C=O) groups excluding carboxylic acids is 2. The van der Waals surface area contributed by atoms with Gasteiger partial charge in [-0.05, 0) is 24.3 Å². The van der Waals surface area contributed by atoms with Crippen LogP contribution in [0.2, 0.25) is 0 Å². The fraction of sp³-hybridized carbons (Fsp3) is 0.167. The molecule has 0 bridgehead atoms. The Morgan fingerprint density at radius 3 is 2.19 bits per heavy atom. The van der Waals surface area contributed by atoms with E-state index in [9.17, 15) is 14.0 Å². The van der Waals surface area contributed by atoms with Crippen LogP contribution in [0, 0.1) is 5.82 Å². The lowest BCUT2D eigenvalue weighted by Gasteiger charge is -2.12. The molecule has 0 heterocycles. The minimum absolute atomic E-state index is 0.105. The molecule has 0 radical (unpaired) electrons. The molecular weight excluding hydrogens is 357 g/mol. The van der Waals surface area contributed by atoms with Crippen LogP contribution in [-0.4, -0.2) is 39.4 Å². The number of ether oxygens (including phenoxy) is 3. The summed E-state index contributed by atoms with van der Waals surface area (Å²) in [5.41, 5.74) is 2.48. The quantitative estimate of drug-likeness (QED) is 0.457. The maximum absolute atomic E-state index is 13.5. The van der Waals surface area contributed by atoms with E-state index in [1.807, 2.05) is 0 Å². The van der Waals surface area contributed by atoms with Gasteiger partial charge in [0.25, 0.3) is 0 Å². The first-order valence-electron chi connectivity index (χ1n) is 7.69. The van der Waals surface area contributed by atoms with E-state index in [2.05, 4.69) is 15.8 Å². The highest BCUT2D eigenvalue weighted by atomic mass is 19.1. The number of halogens is 1. The fourth-order valence-electron chi connectivity index (χ4n) is 2.13. The van der Waals surface area contributed by atoms with Crippen LogP contribution in [0.5, 0.6) is 17.2 Å². The molecule has 2 rings (SSSR count). The smallest absolute Gasteiger partial charge is 0.329 e. The normalized spacial score (nSPS) is 10.4. The number of benzene rings is 2. The number of para-hydroxylation sites is 1. The summed E-state index contributed by atoms with van der Waals surface area (Å²) < 4.78 is 29.1. The number of carbonyl (C=O) groups is 2. The Morgan fingerprint density at radius 1 is 1.00 bits per heavy atom. The van der Waals surface area contributed by atoms with Gasteiger partial charge in [0.1, 0.15) is 5.82 Å². The van der Waals surface area contributed by atoms with E-state index >= 15 is 0 Å². The van der Waals surface area contributed by atoms with Crippen LogP contribution < -0.4 is 25.0 Å². The van der Waals surface area contributed by atoms with Crippen molar-refractivity contribution in [1.82, 2.24) is 5.43 Å². The second kappa shape index (κ2) is 9.18. The lowest BCUT2D eigenvalue weighted by molar-refractivity contribution is -0.136. The number of hydrogen-bond donors (Lipinski definition) is 2. The van der Waals surface area contributed by atoms with Gasteiger partial charge < -0.3 is 19.5 Å². The van der Waals surface area contributed by atoms with E-state index in [1.54, 1.807) is 12.1 Å². The Bertz CT molecular complexity index is 845. The molecule has 9 heteroatoms. The van der Waals surface area contributed by atoms with Gasteiger partial charge in [-0.3, -0.25) is 9.59 Å². The average molecular weight is 375 g/mol. The zero-order chi connectivity index (χ0) is 19.8. The lowest BCUT2D eigenvalue weighted by Crippen LogP contribution is -2.32. The molecule has 2 aromatic carbocycles. The number of amides is 2. The van der Waals surface area contributed by atoms with Gasteiger partial charge in [0.05, 0.1) is 33.2 Å². The summed E-state index contributed by atoms with van der Waals surface area (Å²) >= 11 is 0. The van der Waals surface area contributed by atoms with Crippen molar-refractivity contribution in [3.8, 4) is 17.2 Å². The molecule has 2 amide bonds. The van der Waals surface area contributed by atoms with Gasteiger partial charge in [0.2, 0.25) is 5.75 Å². The molecule has 2 N–H and O–H groups in total. The molecule has 0 aliphatic rings. The van der Waals surface area contributed by atoms with Crippen LogP contribution in [-0.2, 0) is 9.59 Å². The second-order valence-electron chi connectivity index (χ2n) is 5.09. The molecule has 0 aliphatic carbocycles. The van der Waals surface area contributed by atoms with Crippen LogP contribution >= 0.6 is 0 Å². The van der Waals surface area contributed by atoms with Gasteiger partial charge in [-0.25, -0.2) is 9.82 Å². The number of rotatable bonds is 6. The van der Waals surface area contributed by atoms with Crippen molar-refractivity contribution < 1.29 is 28.2 Å². The van der Waals surface area contributed by atoms with Crippen molar-refractivity contribution in [3.63, 3.8) is 0 Å². The summed E-state index contributed by atoms with van der Waals surface area (Å²) in [6.45, 7) is 0. The van der Waals surface area contributed by atoms with E-state index in [4.69, 9.17) is 14.2 Å². The monoisotopic (exact) mass is 375 g/mol. The van der Waals surface area contributed by atoms with Gasteiger partial charge in [0.15, 0.2) is 11.5 Å². The molecule has 0 aliphatic heterocycles. The minimum atomic E-state index is -1.05. The first kappa shape index (κ1) is 19.7. The first-order chi connectivity index (χ1) is 13.0. The Kier molecular flexibility index (Phi) is 6.70. The van der Waals surface area contributed by atoms with Gasteiger partial charge >= 0.3 is 11.8 Å². The molecule has 0 fully saturated rings. The van der Waals surface area contributed by atoms with Gasteiger partial charge in [-0.2, -0.15) is 5.10 Å². The molecule has 27 heavy (non-hydrogen) atoms. The predicted molar refractivity (Wildman–Crippen MR) is 96.9 cm³/mol. The molecule has 142 valence electrons. The Hall–Kier alpha value is -3.62. The maximum atomic E-state index is 13.5. The van der Waals surface area contributed by atoms with Crippen molar-refractivity contribution in [2.75, 3.05) is 26.6 Å². The number of anilines is 1. The number of methoxy groups -OCH3 is 3. The summed E-state index contributed by atoms with van der Waals surface area (Å²) in [5.74, 6) is -1.54. The second-order valence-corrected chi connectivity index (χ2v) is 5.09. The van der Waals surface area contributed by atoms with Crippen LogP contribution in [0.4, 0.5) is 10.1 Å². The van der Waals surface area contributed by atoms with Gasteiger partial charge in [-0.15, -0.1) is 0 Å². The standard InChI is InChI=1S/C18H18FN3O5/c1-25-14-8-11(9-15(26-2)16(14)27-3)10-20-22-18(24)17(23)21-13-7-5-4-6-12(13)19/h4-10H,1-3H3,(H,21,23)(H,22,24)/b20-10-. The SMILES string of the molecule is COc1cc(/C=N\NC(=O)C(=O)Nc2ccccc2F)cc(OC)c1OC. The average Bonchev–Trinajstić information content (AvgIpc) is 2.68. The van der Waals surface area contributed by atoms with E-state index in [-0.39, 0.29) is 5.69 Å². The van der Waals surface area contributed by atoms with Crippen LogP contribution in [0.15, 0.2) is 41.5 Å². The number of nitrogens with one attached hydrogen (secondary N) is 2. The third-order valence-electron chi connectivity index (χ3n) is 3.40. The van der Waals surface area contributed by atoms with Gasteiger partial charge in [0, 0.05) is 5.56 Å². The van der Waals surface area contributed by atoms with Crippen molar-refractivity contribution in [2.24, 2.45) is 5.10 Å². The Labute approximate surface area is 154 Å². The molecule has 0 spiro atoms. The predicted octanol–water partition coefficient (Wildman–Crippen LogP) is 1.94. The topological polar surface area (TPSA) is 98.2 Å². The zero-order valence-electron chi connectivity index (χ0n) is 14.9. The Balaban J connectivity index is 2.05. The largest absolute Gasteiger partial charge is 0.493 e. The number of hydrazone groups is 1. The van der Waals surface area contributed by atoms with Crippen molar-refractivity contribution in [3.05, 3.63) is 47.8 Å². The number of nitrogens with zero attached hydrogens (tertiary/aromatic N) is 1. The van der Waals surface area contributed by atoms with Crippen LogP contribution in [0.1, 0.15) is 5.56 Å². The van der Waals surface area contributed by atoms with Crippen LogP contribution in [0.3, 0.4) is 0 Å². The summed E-state index contributed by atoms with van der Waals surface area (Å²) in [6, 6.07) is 8.70. The molecule has 0 saturated heterocycles. The molecule has 0 atom stereocenters. The van der Waals surface area contributed by atoms with Crippen molar-refractivity contribution >= 4 is 23.7 Å². The van der Waals surface area contributed by atoms with Gasteiger partial charge in [-0.1, -0.05) is 12.1 Å². The molecular formula is C18H18FN3O5. The highest BCUT2D eigenvalue weighted by molar-refractivity contribution is 6.39. The number of hydrogen-bond acceptors (Lipinski definition) is 6. The van der Waals surface area contributed by atoms with Crippen molar-refractivity contribution in [1.29, 1.82) is 0 Å². The van der Waals surface area contributed by atoms with E-state index in [0.717, 1.165) is 6.07 Å². The molecule has 8 nitrogen and oxygen atoms in total. The van der Waals surface area contributed by atoms with E-state index in [0.29, 0.717) is 22.8 Å². The molecule has 2 aromatic rings. The molecule has 0 saturated carbocycles. The summed E-state index contributed by atoms with van der Waals surface area (Å²) in [4.78, 5) is 23.5. The molecule has 0 aromatic heterocycles. The third-order valence-corrected chi connectivity index (χ3v) is 3.40. The molecule has 0 unspecified atom stereocenters. The van der Waals surface area contributed by atoms with Crippen molar-refractivity contribution in [2.45, 2.75) is 0 Å². The highest BCUT2D eigenvalue weighted by Gasteiger charge is 2.15. The Morgan fingerprint density at radius 2 is 1.63 bits per heavy atom. The summed E-state index contributed by atoms with van der Waals surface area (Å²) in [7, 11) is 4.41. The first-order valence-corrected chi connectivity index (χ1v) is 7.69. The van der Waals surface area contributed by atoms with E-state index < -0.39 is 17.6 Å². The lowest BCUT2D eigenvalue weighted by atomic mass is 10.2. The summed E-state index contributed by atoms with van der Waals surface area (Å²) in [6.07, 6.45) is 1.29. The van der Waals surface area contributed by atoms with Crippen LogP contribution in [0.25, 0.3) is 0 Å². The zero-order valence-corrected chi connectivity index (χ0v) is 14.9. The maximum Gasteiger partial charge on any atom is 0.329 e. The highest BCUT2D eigenvalue weighted by Crippen LogP contribution is 2.37.